The van der Waals surface area contributed by atoms with Crippen molar-refractivity contribution in [3.05, 3.63) is 64.9 Å². The van der Waals surface area contributed by atoms with E-state index >= 15 is 0 Å². The number of aromatic nitrogens is 1. The van der Waals surface area contributed by atoms with Gasteiger partial charge in [-0.15, -0.1) is 11.3 Å². The topological polar surface area (TPSA) is 55.1 Å². The van der Waals surface area contributed by atoms with Crippen LogP contribution in [-0.4, -0.2) is 10.9 Å². The monoisotopic (exact) mass is 368 g/mol. The summed E-state index contributed by atoms with van der Waals surface area (Å²) in [6.07, 6.45) is 2.97. The Morgan fingerprint density at radius 1 is 1.19 bits per heavy atom. The summed E-state index contributed by atoms with van der Waals surface area (Å²) in [6.45, 7) is 6.43. The zero-order valence-electron chi connectivity index (χ0n) is 15.4. The van der Waals surface area contributed by atoms with Crippen molar-refractivity contribution in [3.63, 3.8) is 0 Å². The summed E-state index contributed by atoms with van der Waals surface area (Å²) in [4.78, 5) is 16.8. The van der Waals surface area contributed by atoms with E-state index in [-0.39, 0.29) is 18.4 Å². The molecule has 1 unspecified atom stereocenters. The van der Waals surface area contributed by atoms with Crippen LogP contribution in [0.5, 0.6) is 0 Å². The van der Waals surface area contributed by atoms with Gasteiger partial charge in [0.1, 0.15) is 0 Å². The smallest absolute Gasteiger partial charge is 0.226 e. The highest BCUT2D eigenvalue weighted by Crippen LogP contribution is 2.24. The second-order valence-electron chi connectivity index (χ2n) is 6.93. The number of hydrogen-bond acceptors (Lipinski definition) is 4. The van der Waals surface area contributed by atoms with Gasteiger partial charge in [-0.25, -0.2) is 4.98 Å². The Kier molecular flexibility index (Phi) is 5.89. The summed E-state index contributed by atoms with van der Waals surface area (Å²) in [7, 11) is 0. The number of nitrogens with zero attached hydrogens (tertiary/aromatic N) is 1. The maximum Gasteiger partial charge on any atom is 0.226 e. The van der Waals surface area contributed by atoms with E-state index in [4.69, 9.17) is 4.42 Å². The van der Waals surface area contributed by atoms with Crippen molar-refractivity contribution < 1.29 is 9.21 Å². The third kappa shape index (κ3) is 4.82. The number of hydrogen-bond donors (Lipinski definition) is 1. The average Bonchev–Trinajstić information content (AvgIpc) is 3.26. The molecule has 0 spiro atoms. The van der Waals surface area contributed by atoms with Gasteiger partial charge in [0.25, 0.3) is 0 Å². The van der Waals surface area contributed by atoms with Crippen molar-refractivity contribution in [3.8, 4) is 10.8 Å². The number of carbonyl (C=O) groups is 1. The van der Waals surface area contributed by atoms with Crippen LogP contribution in [0.3, 0.4) is 0 Å². The van der Waals surface area contributed by atoms with E-state index in [9.17, 15) is 4.79 Å². The van der Waals surface area contributed by atoms with Gasteiger partial charge in [0, 0.05) is 5.38 Å². The molecule has 26 heavy (non-hydrogen) atoms. The number of amides is 1. The van der Waals surface area contributed by atoms with Crippen LogP contribution in [0.4, 0.5) is 0 Å². The summed E-state index contributed by atoms with van der Waals surface area (Å²) < 4.78 is 5.34. The Morgan fingerprint density at radius 3 is 2.62 bits per heavy atom. The van der Waals surface area contributed by atoms with Crippen molar-refractivity contribution in [2.24, 2.45) is 5.92 Å². The van der Waals surface area contributed by atoms with Crippen LogP contribution in [0.2, 0.25) is 0 Å². The summed E-state index contributed by atoms with van der Waals surface area (Å²) >= 11 is 1.49. The predicted octanol–water partition coefficient (Wildman–Crippen LogP) is 5.02. The van der Waals surface area contributed by atoms with Crippen LogP contribution in [0, 0.1) is 5.92 Å². The number of nitrogens with one attached hydrogen (secondary N) is 1. The fraction of sp³-hybridized carbons (Fsp3) is 0.333. The molecule has 0 aliphatic carbocycles. The summed E-state index contributed by atoms with van der Waals surface area (Å²) in [5.74, 6) is 1.35. The number of furan rings is 1. The van der Waals surface area contributed by atoms with Gasteiger partial charge in [0.05, 0.1) is 24.4 Å². The first-order chi connectivity index (χ1) is 12.5. The Balaban J connectivity index is 1.56. The molecular formula is C21H24N2O2S. The molecule has 5 heteroatoms. The molecule has 0 saturated heterocycles. The molecule has 1 atom stereocenters. The van der Waals surface area contributed by atoms with Crippen LogP contribution < -0.4 is 5.32 Å². The molecule has 0 aliphatic heterocycles. The fourth-order valence-corrected chi connectivity index (χ4v) is 3.64. The number of benzene rings is 1. The van der Waals surface area contributed by atoms with Crippen molar-refractivity contribution in [1.29, 1.82) is 0 Å². The Bertz CT molecular complexity index is 835. The van der Waals surface area contributed by atoms with E-state index in [1.54, 1.807) is 6.26 Å². The fourth-order valence-electron chi connectivity index (χ4n) is 2.86. The molecule has 2 aromatic heterocycles. The summed E-state index contributed by atoms with van der Waals surface area (Å²) in [5, 5.41) is 5.75. The van der Waals surface area contributed by atoms with Gasteiger partial charge in [0.15, 0.2) is 10.8 Å². The second-order valence-corrected chi connectivity index (χ2v) is 7.78. The van der Waals surface area contributed by atoms with Crippen LogP contribution in [0.15, 0.2) is 52.5 Å². The molecule has 1 amide bonds. The molecule has 0 saturated carbocycles. The van der Waals surface area contributed by atoms with E-state index in [0.717, 1.165) is 28.4 Å². The SMILES string of the molecule is CC(C)Cc1ccc(C(C)NC(=O)Cc2csc(-c3ccco3)n2)cc1. The Morgan fingerprint density at radius 2 is 1.96 bits per heavy atom. The zero-order chi connectivity index (χ0) is 18.5. The van der Waals surface area contributed by atoms with Crippen LogP contribution in [-0.2, 0) is 17.6 Å². The van der Waals surface area contributed by atoms with Crippen molar-refractivity contribution in [2.75, 3.05) is 0 Å². The number of thiazole rings is 1. The van der Waals surface area contributed by atoms with Crippen molar-refractivity contribution in [2.45, 2.75) is 39.7 Å². The molecule has 0 bridgehead atoms. The minimum atomic E-state index is -0.0289. The average molecular weight is 369 g/mol. The summed E-state index contributed by atoms with van der Waals surface area (Å²) in [5.41, 5.74) is 3.20. The van der Waals surface area contributed by atoms with Gasteiger partial charge < -0.3 is 9.73 Å². The van der Waals surface area contributed by atoms with E-state index in [1.165, 1.54) is 16.9 Å². The lowest BCUT2D eigenvalue weighted by molar-refractivity contribution is -0.121. The van der Waals surface area contributed by atoms with E-state index < -0.39 is 0 Å². The highest BCUT2D eigenvalue weighted by Gasteiger charge is 2.13. The van der Waals surface area contributed by atoms with Crippen LogP contribution in [0.25, 0.3) is 10.8 Å². The van der Waals surface area contributed by atoms with Crippen LogP contribution in [0.1, 0.15) is 43.6 Å². The van der Waals surface area contributed by atoms with Crippen molar-refractivity contribution >= 4 is 17.2 Å². The molecule has 1 N–H and O–H groups in total. The standard InChI is InChI=1S/C21H24N2O2S/c1-14(2)11-16-6-8-17(9-7-16)15(3)22-20(24)12-18-13-26-21(23-18)19-5-4-10-25-19/h4-10,13-15H,11-12H2,1-3H3,(H,22,24). The van der Waals surface area contributed by atoms with Gasteiger partial charge in [-0.2, -0.15) is 0 Å². The number of carbonyl (C=O) groups excluding carboxylic acids is 1. The highest BCUT2D eigenvalue weighted by molar-refractivity contribution is 7.13. The van der Waals surface area contributed by atoms with Gasteiger partial charge >= 0.3 is 0 Å². The normalized spacial score (nSPS) is 12.3. The first-order valence-electron chi connectivity index (χ1n) is 8.87. The minimum absolute atomic E-state index is 0.0277. The predicted molar refractivity (Wildman–Crippen MR) is 105 cm³/mol. The molecule has 0 fully saturated rings. The largest absolute Gasteiger partial charge is 0.462 e. The van der Waals surface area contributed by atoms with Gasteiger partial charge in [-0.1, -0.05) is 38.1 Å². The van der Waals surface area contributed by atoms with E-state index in [1.807, 2.05) is 24.4 Å². The third-order valence-electron chi connectivity index (χ3n) is 4.13. The van der Waals surface area contributed by atoms with Crippen molar-refractivity contribution in [1.82, 2.24) is 10.3 Å². The quantitative estimate of drug-likeness (QED) is 0.637. The molecule has 3 aromatic rings. The lowest BCUT2D eigenvalue weighted by atomic mass is 10.00. The lowest BCUT2D eigenvalue weighted by Crippen LogP contribution is -2.28. The second kappa shape index (κ2) is 8.32. The molecule has 0 radical (unpaired) electrons. The highest BCUT2D eigenvalue weighted by atomic mass is 32.1. The first kappa shape index (κ1) is 18.4. The number of rotatable bonds is 7. The van der Waals surface area contributed by atoms with Gasteiger partial charge in [0.2, 0.25) is 5.91 Å². The minimum Gasteiger partial charge on any atom is -0.462 e. The van der Waals surface area contributed by atoms with Gasteiger partial charge in [-0.3, -0.25) is 4.79 Å². The molecule has 4 nitrogen and oxygen atoms in total. The van der Waals surface area contributed by atoms with E-state index in [2.05, 4.69) is 48.4 Å². The molecule has 0 aliphatic rings. The maximum atomic E-state index is 12.3. The Hall–Kier alpha value is -2.40. The maximum absolute atomic E-state index is 12.3. The van der Waals surface area contributed by atoms with E-state index in [0.29, 0.717) is 5.92 Å². The van der Waals surface area contributed by atoms with Crippen LogP contribution >= 0.6 is 11.3 Å². The molecule has 3 rings (SSSR count). The Labute approximate surface area is 158 Å². The molecular weight excluding hydrogens is 344 g/mol. The lowest BCUT2D eigenvalue weighted by Gasteiger charge is -2.15. The zero-order valence-corrected chi connectivity index (χ0v) is 16.2. The first-order valence-corrected chi connectivity index (χ1v) is 9.75. The molecule has 1 aromatic carbocycles. The third-order valence-corrected chi connectivity index (χ3v) is 5.03. The molecule has 2 heterocycles. The molecule has 136 valence electrons. The summed E-state index contributed by atoms with van der Waals surface area (Å²) in [6, 6.07) is 12.2. The van der Waals surface area contributed by atoms with Gasteiger partial charge in [-0.05, 0) is 42.5 Å².